The monoisotopic (exact) mass is 374 g/mol. The summed E-state index contributed by atoms with van der Waals surface area (Å²) >= 11 is 0. The fourth-order valence-corrected chi connectivity index (χ4v) is 4.57. The van der Waals surface area contributed by atoms with Crippen LogP contribution in [0, 0.1) is 18.3 Å². The Morgan fingerprint density at radius 3 is 2.74 bits per heavy atom. The lowest BCUT2D eigenvalue weighted by molar-refractivity contribution is -0.139. The number of amides is 2. The summed E-state index contributed by atoms with van der Waals surface area (Å²) in [5, 5.41) is 7.29. The van der Waals surface area contributed by atoms with Crippen LogP contribution < -0.4 is 0 Å². The van der Waals surface area contributed by atoms with Crippen molar-refractivity contribution in [2.24, 2.45) is 11.3 Å². The summed E-state index contributed by atoms with van der Waals surface area (Å²) in [6, 6.07) is 0. The van der Waals surface area contributed by atoms with Crippen LogP contribution in [0.2, 0.25) is 0 Å². The van der Waals surface area contributed by atoms with E-state index >= 15 is 0 Å². The molecule has 0 unspecified atom stereocenters. The molecule has 27 heavy (non-hydrogen) atoms. The third kappa shape index (κ3) is 4.19. The van der Waals surface area contributed by atoms with Crippen molar-refractivity contribution in [2.75, 3.05) is 26.2 Å². The van der Waals surface area contributed by atoms with Gasteiger partial charge in [0.15, 0.2) is 5.69 Å². The van der Waals surface area contributed by atoms with Crippen LogP contribution in [-0.4, -0.2) is 58.0 Å². The number of carbonyl (C=O) groups excluding carboxylic acids is 2. The number of aromatic nitrogens is 2. The summed E-state index contributed by atoms with van der Waals surface area (Å²) in [7, 11) is 0. The van der Waals surface area contributed by atoms with E-state index in [4.69, 9.17) is 0 Å². The number of carbonyl (C=O) groups is 2. The Labute approximate surface area is 162 Å². The van der Waals surface area contributed by atoms with Crippen molar-refractivity contribution in [1.82, 2.24) is 20.0 Å². The van der Waals surface area contributed by atoms with Gasteiger partial charge in [-0.2, -0.15) is 5.10 Å². The number of aryl methyl sites for hydroxylation is 1. The second kappa shape index (κ2) is 8.03. The van der Waals surface area contributed by atoms with Crippen molar-refractivity contribution >= 4 is 11.8 Å². The lowest BCUT2D eigenvalue weighted by atomic mass is 9.73. The molecule has 3 rings (SSSR count). The predicted octanol–water partition coefficient (Wildman–Crippen LogP) is 3.17. The molecule has 1 aromatic rings. The largest absolute Gasteiger partial charge is 0.342 e. The van der Waals surface area contributed by atoms with Crippen molar-refractivity contribution in [2.45, 2.75) is 66.2 Å². The molecule has 0 aromatic carbocycles. The van der Waals surface area contributed by atoms with Crippen molar-refractivity contribution in [3.8, 4) is 0 Å². The van der Waals surface area contributed by atoms with Gasteiger partial charge in [0.05, 0.1) is 0 Å². The summed E-state index contributed by atoms with van der Waals surface area (Å²) in [4.78, 5) is 29.5. The molecule has 3 heterocycles. The summed E-state index contributed by atoms with van der Waals surface area (Å²) in [5.74, 6) is 0.907. The van der Waals surface area contributed by atoms with Crippen LogP contribution in [0.25, 0.3) is 0 Å². The van der Waals surface area contributed by atoms with Crippen molar-refractivity contribution in [3.63, 3.8) is 0 Å². The number of hydrogen-bond acceptors (Lipinski definition) is 3. The summed E-state index contributed by atoms with van der Waals surface area (Å²) in [6.07, 6.45) is 5.50. The maximum atomic E-state index is 13.1. The molecule has 2 saturated heterocycles. The molecule has 2 amide bonds. The average molecular weight is 375 g/mol. The van der Waals surface area contributed by atoms with E-state index in [9.17, 15) is 9.59 Å². The third-order valence-electron chi connectivity index (χ3n) is 6.34. The molecule has 1 spiro atoms. The van der Waals surface area contributed by atoms with E-state index in [2.05, 4.69) is 31.0 Å². The zero-order valence-electron chi connectivity index (χ0n) is 17.3. The number of hydrogen-bond donors (Lipinski definition) is 1. The number of aromatic amines is 1. The number of likely N-dealkylation sites (tertiary alicyclic amines) is 2. The highest BCUT2D eigenvalue weighted by Gasteiger charge is 2.43. The van der Waals surface area contributed by atoms with Crippen LogP contribution in [0.1, 0.15) is 74.6 Å². The molecule has 6 heteroatoms. The van der Waals surface area contributed by atoms with Gasteiger partial charge >= 0.3 is 0 Å². The van der Waals surface area contributed by atoms with E-state index < -0.39 is 0 Å². The Morgan fingerprint density at radius 2 is 2.07 bits per heavy atom. The van der Waals surface area contributed by atoms with Crippen LogP contribution in [0.5, 0.6) is 0 Å². The molecule has 1 aromatic heterocycles. The van der Waals surface area contributed by atoms with Gasteiger partial charge in [-0.05, 0) is 44.9 Å². The fourth-order valence-electron chi connectivity index (χ4n) is 4.57. The first-order valence-electron chi connectivity index (χ1n) is 10.5. The molecule has 150 valence electrons. The van der Waals surface area contributed by atoms with Gasteiger partial charge in [-0.15, -0.1) is 0 Å². The SMILES string of the molecule is CCc1[nH]nc(C(=O)N2CCC[C@]3(CCC(=O)N(CCC(C)C)C3)C2)c1C. The van der Waals surface area contributed by atoms with Gasteiger partial charge in [-0.25, -0.2) is 0 Å². The third-order valence-corrected chi connectivity index (χ3v) is 6.34. The minimum Gasteiger partial charge on any atom is -0.342 e. The second-order valence-corrected chi connectivity index (χ2v) is 8.86. The lowest BCUT2D eigenvalue weighted by Gasteiger charge is -2.48. The normalized spacial score (nSPS) is 23.5. The maximum absolute atomic E-state index is 13.1. The summed E-state index contributed by atoms with van der Waals surface area (Å²) in [5.41, 5.74) is 2.62. The Morgan fingerprint density at radius 1 is 1.30 bits per heavy atom. The highest BCUT2D eigenvalue weighted by Crippen LogP contribution is 2.39. The minimum absolute atomic E-state index is 0.0353. The molecule has 0 bridgehead atoms. The number of nitrogens with one attached hydrogen (secondary N) is 1. The van der Waals surface area contributed by atoms with Gasteiger partial charge in [-0.3, -0.25) is 14.7 Å². The van der Waals surface area contributed by atoms with Gasteiger partial charge in [0, 0.05) is 49.3 Å². The van der Waals surface area contributed by atoms with Crippen molar-refractivity contribution in [1.29, 1.82) is 0 Å². The molecule has 0 aliphatic carbocycles. The number of nitrogens with zero attached hydrogens (tertiary/aromatic N) is 3. The Balaban J connectivity index is 1.71. The first kappa shape index (κ1) is 19.9. The quantitative estimate of drug-likeness (QED) is 0.861. The van der Waals surface area contributed by atoms with E-state index in [0.29, 0.717) is 18.0 Å². The molecule has 2 fully saturated rings. The zero-order chi connectivity index (χ0) is 19.6. The van der Waals surface area contributed by atoms with Gasteiger partial charge in [-0.1, -0.05) is 20.8 Å². The molecular formula is C21H34N4O2. The highest BCUT2D eigenvalue weighted by atomic mass is 16.2. The summed E-state index contributed by atoms with van der Waals surface area (Å²) in [6.45, 7) is 11.6. The van der Waals surface area contributed by atoms with Crippen LogP contribution in [-0.2, 0) is 11.2 Å². The van der Waals surface area contributed by atoms with E-state index in [1.165, 1.54) is 0 Å². The molecule has 2 aliphatic rings. The molecule has 1 atom stereocenters. The summed E-state index contributed by atoms with van der Waals surface area (Å²) < 4.78 is 0. The first-order chi connectivity index (χ1) is 12.8. The van der Waals surface area contributed by atoms with Crippen molar-refractivity contribution < 1.29 is 9.59 Å². The van der Waals surface area contributed by atoms with Gasteiger partial charge in [0.2, 0.25) is 5.91 Å². The van der Waals surface area contributed by atoms with Crippen LogP contribution >= 0.6 is 0 Å². The van der Waals surface area contributed by atoms with E-state index in [1.807, 2.05) is 16.7 Å². The Hall–Kier alpha value is -1.85. The van der Waals surface area contributed by atoms with Gasteiger partial charge < -0.3 is 9.80 Å². The molecule has 1 N–H and O–H groups in total. The number of rotatable bonds is 5. The molecule has 0 radical (unpaired) electrons. The Kier molecular flexibility index (Phi) is 5.92. The average Bonchev–Trinajstić information content (AvgIpc) is 3.02. The highest BCUT2D eigenvalue weighted by molar-refractivity contribution is 5.94. The Bertz CT molecular complexity index is 696. The molecule has 2 aliphatic heterocycles. The van der Waals surface area contributed by atoms with E-state index in [0.717, 1.165) is 69.5 Å². The van der Waals surface area contributed by atoms with Gasteiger partial charge in [0.25, 0.3) is 5.91 Å². The minimum atomic E-state index is 0.0353. The number of H-pyrrole nitrogens is 1. The van der Waals surface area contributed by atoms with E-state index in [-0.39, 0.29) is 17.2 Å². The first-order valence-corrected chi connectivity index (χ1v) is 10.5. The predicted molar refractivity (Wildman–Crippen MR) is 106 cm³/mol. The topological polar surface area (TPSA) is 69.3 Å². The van der Waals surface area contributed by atoms with Crippen LogP contribution in [0.3, 0.4) is 0 Å². The second-order valence-electron chi connectivity index (χ2n) is 8.86. The fraction of sp³-hybridized carbons (Fsp3) is 0.762. The standard InChI is InChI=1S/C21H34N4O2/c1-5-17-16(4)19(23-22-17)20(27)25-11-6-9-21(14-25)10-7-18(26)24(13-21)12-8-15(2)3/h15H,5-14H2,1-4H3,(H,22,23)/t21-/m1/s1. The molecule has 6 nitrogen and oxygen atoms in total. The number of piperidine rings is 2. The van der Waals surface area contributed by atoms with Crippen LogP contribution in [0.15, 0.2) is 0 Å². The molecular weight excluding hydrogens is 340 g/mol. The van der Waals surface area contributed by atoms with Crippen molar-refractivity contribution in [3.05, 3.63) is 17.0 Å². The smallest absolute Gasteiger partial charge is 0.274 e. The lowest BCUT2D eigenvalue weighted by Crippen LogP contribution is -2.55. The van der Waals surface area contributed by atoms with E-state index in [1.54, 1.807) is 0 Å². The van der Waals surface area contributed by atoms with Crippen LogP contribution in [0.4, 0.5) is 0 Å². The zero-order valence-corrected chi connectivity index (χ0v) is 17.3. The van der Waals surface area contributed by atoms with Gasteiger partial charge in [0.1, 0.15) is 0 Å². The molecule has 0 saturated carbocycles. The maximum Gasteiger partial charge on any atom is 0.274 e.